The van der Waals surface area contributed by atoms with E-state index in [1.807, 2.05) is 66.7 Å². The number of benzene rings is 7. The monoisotopic (exact) mass is 601 g/mol. The summed E-state index contributed by atoms with van der Waals surface area (Å²) in [5.74, 6) is 1.92. The van der Waals surface area contributed by atoms with Gasteiger partial charge in [-0.15, -0.1) is 0 Å². The average molecular weight is 602 g/mol. The molecule has 4 heteroatoms. The third-order valence-electron chi connectivity index (χ3n) is 8.72. The van der Waals surface area contributed by atoms with Gasteiger partial charge in [0.2, 0.25) is 0 Å². The fourth-order valence-corrected chi connectivity index (χ4v) is 6.41. The highest BCUT2D eigenvalue weighted by atomic mass is 16.3. The van der Waals surface area contributed by atoms with Crippen LogP contribution in [0.4, 0.5) is 0 Å². The van der Waals surface area contributed by atoms with Crippen molar-refractivity contribution in [1.29, 1.82) is 0 Å². The van der Waals surface area contributed by atoms with Crippen molar-refractivity contribution in [2.24, 2.45) is 0 Å². The first-order chi connectivity index (χ1) is 23.3. The van der Waals surface area contributed by atoms with Crippen molar-refractivity contribution in [3.8, 4) is 56.4 Å². The molecule has 2 heterocycles. The lowest BCUT2D eigenvalue weighted by Gasteiger charge is -2.11. The summed E-state index contributed by atoms with van der Waals surface area (Å²) in [6.07, 6.45) is 0. The van der Waals surface area contributed by atoms with Gasteiger partial charge in [-0.25, -0.2) is 15.0 Å². The van der Waals surface area contributed by atoms with Crippen LogP contribution < -0.4 is 0 Å². The Bertz CT molecular complexity index is 2500. The van der Waals surface area contributed by atoms with Crippen LogP contribution in [0.25, 0.3) is 89.1 Å². The Labute approximate surface area is 271 Å². The maximum absolute atomic E-state index is 6.60. The van der Waals surface area contributed by atoms with Gasteiger partial charge in [0.1, 0.15) is 11.2 Å². The molecule has 0 N–H and O–H groups in total. The molecule has 0 bridgehead atoms. The molecular weight excluding hydrogens is 574 g/mol. The lowest BCUT2D eigenvalue weighted by atomic mass is 9.94. The third kappa shape index (κ3) is 4.84. The minimum Gasteiger partial charge on any atom is -0.455 e. The summed E-state index contributed by atoms with van der Waals surface area (Å²) in [5, 5.41) is 4.41. The van der Waals surface area contributed by atoms with E-state index >= 15 is 0 Å². The van der Waals surface area contributed by atoms with Crippen LogP contribution >= 0.6 is 0 Å². The van der Waals surface area contributed by atoms with Crippen molar-refractivity contribution in [2.45, 2.75) is 0 Å². The quantitative estimate of drug-likeness (QED) is 0.197. The van der Waals surface area contributed by atoms with E-state index in [0.717, 1.165) is 66.1 Å². The van der Waals surface area contributed by atoms with Gasteiger partial charge in [0, 0.05) is 32.8 Å². The minimum absolute atomic E-state index is 0.632. The van der Waals surface area contributed by atoms with E-state index < -0.39 is 0 Å². The van der Waals surface area contributed by atoms with Gasteiger partial charge < -0.3 is 4.42 Å². The molecule has 0 aliphatic heterocycles. The Hall–Kier alpha value is -6.39. The van der Waals surface area contributed by atoms with Gasteiger partial charge in [-0.2, -0.15) is 0 Å². The molecule has 0 aliphatic rings. The highest BCUT2D eigenvalue weighted by Crippen LogP contribution is 2.41. The van der Waals surface area contributed by atoms with Gasteiger partial charge in [-0.1, -0.05) is 140 Å². The Morgan fingerprint density at radius 3 is 1.51 bits per heavy atom. The zero-order valence-electron chi connectivity index (χ0n) is 25.3. The molecule has 0 amide bonds. The molecule has 0 saturated heterocycles. The fourth-order valence-electron chi connectivity index (χ4n) is 6.41. The summed E-state index contributed by atoms with van der Waals surface area (Å²) in [5.41, 5.74) is 9.11. The largest absolute Gasteiger partial charge is 0.455 e. The van der Waals surface area contributed by atoms with E-state index in [9.17, 15) is 0 Å². The molecule has 220 valence electrons. The molecule has 4 nitrogen and oxygen atoms in total. The van der Waals surface area contributed by atoms with E-state index in [1.165, 1.54) is 5.56 Å². The Morgan fingerprint density at radius 1 is 0.319 bits per heavy atom. The summed E-state index contributed by atoms with van der Waals surface area (Å²) < 4.78 is 6.60. The minimum atomic E-state index is 0.632. The van der Waals surface area contributed by atoms with Crippen molar-refractivity contribution < 1.29 is 4.42 Å². The second-order valence-corrected chi connectivity index (χ2v) is 11.6. The van der Waals surface area contributed by atoms with Gasteiger partial charge in [-0.3, -0.25) is 0 Å². The van der Waals surface area contributed by atoms with E-state index in [4.69, 9.17) is 19.4 Å². The number of rotatable bonds is 5. The van der Waals surface area contributed by atoms with Gasteiger partial charge in [0.05, 0.1) is 0 Å². The third-order valence-corrected chi connectivity index (χ3v) is 8.72. The van der Waals surface area contributed by atoms with Crippen molar-refractivity contribution in [2.75, 3.05) is 0 Å². The molecule has 9 rings (SSSR count). The van der Waals surface area contributed by atoms with Crippen LogP contribution in [0.3, 0.4) is 0 Å². The summed E-state index contributed by atoms with van der Waals surface area (Å²) in [6, 6.07) is 56.3. The standard InChI is InChI=1S/C43H27N3O/c1-4-13-28(14-5-1)31-23-24-35-38-27-37(34-21-10-11-22-36(34)40(38)47-39(35)26-31)32-19-12-20-33(25-32)43-45-41(29-15-6-2-7-16-29)44-42(46-43)30-17-8-3-9-18-30/h1-27H. The summed E-state index contributed by atoms with van der Waals surface area (Å²) in [7, 11) is 0. The van der Waals surface area contributed by atoms with Gasteiger partial charge in [0.25, 0.3) is 0 Å². The molecule has 0 fully saturated rings. The molecule has 7 aromatic carbocycles. The Kier molecular flexibility index (Phi) is 6.43. The maximum Gasteiger partial charge on any atom is 0.164 e. The molecule has 2 aromatic heterocycles. The van der Waals surface area contributed by atoms with Crippen molar-refractivity contribution in [3.05, 3.63) is 164 Å². The van der Waals surface area contributed by atoms with E-state index in [1.54, 1.807) is 0 Å². The average Bonchev–Trinajstić information content (AvgIpc) is 3.53. The lowest BCUT2D eigenvalue weighted by Crippen LogP contribution is -2.00. The molecule has 0 aliphatic carbocycles. The van der Waals surface area contributed by atoms with E-state index in [0.29, 0.717) is 17.5 Å². The lowest BCUT2D eigenvalue weighted by molar-refractivity contribution is 0.673. The number of aromatic nitrogens is 3. The first-order valence-corrected chi connectivity index (χ1v) is 15.7. The molecule has 9 aromatic rings. The highest BCUT2D eigenvalue weighted by Gasteiger charge is 2.17. The zero-order valence-corrected chi connectivity index (χ0v) is 25.3. The maximum atomic E-state index is 6.60. The summed E-state index contributed by atoms with van der Waals surface area (Å²) in [4.78, 5) is 14.8. The highest BCUT2D eigenvalue weighted by molar-refractivity contribution is 6.19. The van der Waals surface area contributed by atoms with Gasteiger partial charge in [-0.05, 0) is 51.9 Å². The van der Waals surface area contributed by atoms with Crippen LogP contribution in [-0.4, -0.2) is 15.0 Å². The number of fused-ring (bicyclic) bond motifs is 5. The van der Waals surface area contributed by atoms with E-state index in [-0.39, 0.29) is 0 Å². The number of furan rings is 1. The fraction of sp³-hybridized carbons (Fsp3) is 0. The molecule has 0 unspecified atom stereocenters. The number of nitrogens with zero attached hydrogens (tertiary/aromatic N) is 3. The van der Waals surface area contributed by atoms with Crippen molar-refractivity contribution >= 4 is 32.7 Å². The first-order valence-electron chi connectivity index (χ1n) is 15.7. The summed E-state index contributed by atoms with van der Waals surface area (Å²) in [6.45, 7) is 0. The zero-order chi connectivity index (χ0) is 31.2. The van der Waals surface area contributed by atoms with Crippen LogP contribution in [0, 0.1) is 0 Å². The van der Waals surface area contributed by atoms with Crippen molar-refractivity contribution in [1.82, 2.24) is 15.0 Å². The molecule has 47 heavy (non-hydrogen) atoms. The van der Waals surface area contributed by atoms with Crippen LogP contribution in [0.1, 0.15) is 0 Å². The second-order valence-electron chi connectivity index (χ2n) is 11.6. The molecule has 0 atom stereocenters. The predicted molar refractivity (Wildman–Crippen MR) is 192 cm³/mol. The SMILES string of the molecule is c1ccc(-c2ccc3c(c2)oc2c4ccccc4c(-c4cccc(-c5nc(-c6ccccc6)nc(-c6ccccc6)n5)c4)cc32)cc1. The summed E-state index contributed by atoms with van der Waals surface area (Å²) >= 11 is 0. The number of hydrogen-bond donors (Lipinski definition) is 0. The molecular formula is C43H27N3O. The Balaban J connectivity index is 1.22. The smallest absolute Gasteiger partial charge is 0.164 e. The van der Waals surface area contributed by atoms with Crippen LogP contribution in [0.5, 0.6) is 0 Å². The van der Waals surface area contributed by atoms with Gasteiger partial charge >= 0.3 is 0 Å². The van der Waals surface area contributed by atoms with Gasteiger partial charge in [0.15, 0.2) is 17.5 Å². The molecule has 0 saturated carbocycles. The Morgan fingerprint density at radius 2 is 0.851 bits per heavy atom. The van der Waals surface area contributed by atoms with E-state index in [2.05, 4.69) is 97.1 Å². The molecule has 0 spiro atoms. The first kappa shape index (κ1) is 27.0. The van der Waals surface area contributed by atoms with Crippen LogP contribution in [0.2, 0.25) is 0 Å². The van der Waals surface area contributed by atoms with Crippen LogP contribution in [-0.2, 0) is 0 Å². The van der Waals surface area contributed by atoms with Crippen LogP contribution in [0.15, 0.2) is 168 Å². The predicted octanol–water partition coefficient (Wildman–Crippen LogP) is 11.3. The topological polar surface area (TPSA) is 51.8 Å². The number of hydrogen-bond acceptors (Lipinski definition) is 4. The van der Waals surface area contributed by atoms with Crippen molar-refractivity contribution in [3.63, 3.8) is 0 Å². The molecule has 0 radical (unpaired) electrons. The second kappa shape index (κ2) is 11.2. The normalized spacial score (nSPS) is 11.4.